The van der Waals surface area contributed by atoms with Crippen molar-refractivity contribution in [1.82, 2.24) is 10.2 Å². The normalized spacial score (nSPS) is 14.1. The summed E-state index contributed by atoms with van der Waals surface area (Å²) in [6, 6.07) is 14.7. The molecule has 2 aromatic carbocycles. The molecule has 1 heterocycles. The van der Waals surface area contributed by atoms with E-state index in [0.29, 0.717) is 25.3 Å². The highest BCUT2D eigenvalue weighted by molar-refractivity contribution is 5.80. The van der Waals surface area contributed by atoms with Crippen LogP contribution >= 0.6 is 0 Å². The van der Waals surface area contributed by atoms with Crippen LogP contribution in [0.5, 0.6) is 17.2 Å². The van der Waals surface area contributed by atoms with E-state index < -0.39 is 0 Å². The summed E-state index contributed by atoms with van der Waals surface area (Å²) in [4.78, 5) is 26.7. The Bertz CT molecular complexity index is 845. The van der Waals surface area contributed by atoms with Crippen molar-refractivity contribution in [1.29, 1.82) is 0 Å². The van der Waals surface area contributed by atoms with Gasteiger partial charge in [-0.05, 0) is 43.2 Å². The van der Waals surface area contributed by atoms with Crippen LogP contribution in [0.4, 0.5) is 0 Å². The van der Waals surface area contributed by atoms with Crippen LogP contribution in [0.3, 0.4) is 0 Å². The van der Waals surface area contributed by atoms with Gasteiger partial charge in [-0.1, -0.05) is 18.2 Å². The van der Waals surface area contributed by atoms with Crippen LogP contribution in [-0.4, -0.2) is 56.7 Å². The minimum absolute atomic E-state index is 0.0424. The van der Waals surface area contributed by atoms with E-state index in [2.05, 4.69) is 5.32 Å². The molecule has 7 nitrogen and oxygen atoms in total. The van der Waals surface area contributed by atoms with Crippen LogP contribution in [0.15, 0.2) is 48.5 Å². The fourth-order valence-electron chi connectivity index (χ4n) is 3.49. The molecule has 7 heteroatoms. The third kappa shape index (κ3) is 5.89. The zero-order valence-corrected chi connectivity index (χ0v) is 17.4. The second-order valence-corrected chi connectivity index (χ2v) is 7.18. The number of rotatable bonds is 8. The molecule has 0 saturated carbocycles. The van der Waals surface area contributed by atoms with E-state index in [-0.39, 0.29) is 24.5 Å². The Morgan fingerprint density at radius 1 is 0.967 bits per heavy atom. The van der Waals surface area contributed by atoms with Crippen LogP contribution < -0.4 is 19.5 Å². The molecule has 0 aromatic heterocycles. The van der Waals surface area contributed by atoms with Crippen LogP contribution in [0.2, 0.25) is 0 Å². The van der Waals surface area contributed by atoms with Crippen molar-refractivity contribution in [3.8, 4) is 17.2 Å². The van der Waals surface area contributed by atoms with Gasteiger partial charge in [-0.3, -0.25) is 9.59 Å². The Morgan fingerprint density at radius 2 is 1.63 bits per heavy atom. The lowest BCUT2D eigenvalue weighted by Crippen LogP contribution is -2.47. The molecule has 0 bridgehead atoms. The van der Waals surface area contributed by atoms with Gasteiger partial charge in [0.15, 0.2) is 6.61 Å². The number of para-hydroxylation sites is 1. The van der Waals surface area contributed by atoms with E-state index in [1.807, 2.05) is 29.2 Å². The fraction of sp³-hybridized carbons (Fsp3) is 0.391. The number of ether oxygens (including phenoxy) is 3. The summed E-state index contributed by atoms with van der Waals surface area (Å²) in [7, 11) is 3.20. The summed E-state index contributed by atoms with van der Waals surface area (Å²) in [6.45, 7) is 1.20. The van der Waals surface area contributed by atoms with Gasteiger partial charge in [-0.15, -0.1) is 0 Å². The van der Waals surface area contributed by atoms with E-state index in [1.54, 1.807) is 38.5 Å². The van der Waals surface area contributed by atoms with Crippen molar-refractivity contribution < 1.29 is 23.8 Å². The number of hydrogen-bond donors (Lipinski definition) is 1. The van der Waals surface area contributed by atoms with Gasteiger partial charge in [-0.25, -0.2) is 0 Å². The zero-order chi connectivity index (χ0) is 21.3. The van der Waals surface area contributed by atoms with E-state index in [4.69, 9.17) is 14.2 Å². The molecule has 0 spiro atoms. The van der Waals surface area contributed by atoms with Crippen molar-refractivity contribution in [2.75, 3.05) is 33.9 Å². The molecule has 0 aliphatic carbocycles. The first-order valence-corrected chi connectivity index (χ1v) is 10.0. The minimum atomic E-state index is -0.162. The Balaban J connectivity index is 1.40. The number of benzene rings is 2. The number of likely N-dealkylation sites (tertiary alicyclic amines) is 1. The summed E-state index contributed by atoms with van der Waals surface area (Å²) in [5, 5.41) is 2.99. The molecular formula is C23H28N2O5. The molecule has 1 aliphatic rings. The maximum atomic E-state index is 12.6. The largest absolute Gasteiger partial charge is 0.497 e. The molecule has 0 unspecified atom stereocenters. The highest BCUT2D eigenvalue weighted by Gasteiger charge is 2.24. The molecule has 1 N–H and O–H groups in total. The van der Waals surface area contributed by atoms with E-state index >= 15 is 0 Å². The van der Waals surface area contributed by atoms with E-state index in [0.717, 1.165) is 29.9 Å². The number of nitrogens with one attached hydrogen (secondary N) is 1. The third-order valence-electron chi connectivity index (χ3n) is 5.18. The SMILES string of the molecule is COc1ccc(OCC(=O)NC2CCN(C(=O)Cc3ccccc3OC)CC2)cc1. The van der Waals surface area contributed by atoms with Gasteiger partial charge >= 0.3 is 0 Å². The number of carbonyl (C=O) groups is 2. The van der Waals surface area contributed by atoms with Crippen molar-refractivity contribution >= 4 is 11.8 Å². The maximum absolute atomic E-state index is 12.6. The van der Waals surface area contributed by atoms with E-state index in [9.17, 15) is 9.59 Å². The van der Waals surface area contributed by atoms with Crippen LogP contribution in [0.25, 0.3) is 0 Å². The lowest BCUT2D eigenvalue weighted by atomic mass is 10.0. The van der Waals surface area contributed by atoms with Crippen molar-refractivity contribution in [2.45, 2.75) is 25.3 Å². The second kappa shape index (κ2) is 10.5. The second-order valence-electron chi connectivity index (χ2n) is 7.18. The molecule has 2 amide bonds. The number of carbonyl (C=O) groups excluding carboxylic acids is 2. The standard InChI is InChI=1S/C23H28N2O5/c1-28-19-7-9-20(10-8-19)30-16-22(26)24-18-11-13-25(14-12-18)23(27)15-17-5-3-4-6-21(17)29-2/h3-10,18H,11-16H2,1-2H3,(H,24,26). The predicted octanol–water partition coefficient (Wildman–Crippen LogP) is 2.43. The van der Waals surface area contributed by atoms with Gasteiger partial charge < -0.3 is 24.4 Å². The molecule has 160 valence electrons. The Hall–Kier alpha value is -3.22. The van der Waals surface area contributed by atoms with Gasteiger partial charge in [0.1, 0.15) is 17.2 Å². The number of methoxy groups -OCH3 is 2. The summed E-state index contributed by atoms with van der Waals surface area (Å²) in [6.07, 6.45) is 1.77. The average Bonchev–Trinajstić information content (AvgIpc) is 2.79. The van der Waals surface area contributed by atoms with Crippen molar-refractivity contribution in [2.24, 2.45) is 0 Å². The molecule has 2 aromatic rings. The van der Waals surface area contributed by atoms with Gasteiger partial charge in [0.25, 0.3) is 5.91 Å². The lowest BCUT2D eigenvalue weighted by molar-refractivity contribution is -0.131. The summed E-state index contributed by atoms with van der Waals surface area (Å²) < 4.78 is 15.9. The van der Waals surface area contributed by atoms with Crippen molar-refractivity contribution in [3.05, 3.63) is 54.1 Å². The number of hydrogen-bond acceptors (Lipinski definition) is 5. The highest BCUT2D eigenvalue weighted by atomic mass is 16.5. The molecule has 0 radical (unpaired) electrons. The highest BCUT2D eigenvalue weighted by Crippen LogP contribution is 2.20. The zero-order valence-electron chi connectivity index (χ0n) is 17.4. The van der Waals surface area contributed by atoms with Gasteiger partial charge in [0.2, 0.25) is 5.91 Å². The average molecular weight is 412 g/mol. The quantitative estimate of drug-likeness (QED) is 0.721. The Kier molecular flexibility index (Phi) is 7.54. The smallest absolute Gasteiger partial charge is 0.258 e. The molecule has 3 rings (SSSR count). The minimum Gasteiger partial charge on any atom is -0.497 e. The molecule has 30 heavy (non-hydrogen) atoms. The first-order valence-electron chi connectivity index (χ1n) is 10.0. The third-order valence-corrected chi connectivity index (χ3v) is 5.18. The lowest BCUT2D eigenvalue weighted by Gasteiger charge is -2.32. The van der Waals surface area contributed by atoms with Gasteiger partial charge in [-0.2, -0.15) is 0 Å². The summed E-state index contributed by atoms with van der Waals surface area (Å²) >= 11 is 0. The first-order chi connectivity index (χ1) is 14.6. The fourth-order valence-corrected chi connectivity index (χ4v) is 3.49. The maximum Gasteiger partial charge on any atom is 0.258 e. The van der Waals surface area contributed by atoms with Crippen LogP contribution in [-0.2, 0) is 16.0 Å². The van der Waals surface area contributed by atoms with E-state index in [1.165, 1.54) is 0 Å². The Morgan fingerprint density at radius 3 is 2.30 bits per heavy atom. The summed E-state index contributed by atoms with van der Waals surface area (Å²) in [5.41, 5.74) is 0.885. The number of nitrogens with zero attached hydrogens (tertiary/aromatic N) is 1. The van der Waals surface area contributed by atoms with Crippen LogP contribution in [0, 0.1) is 0 Å². The molecule has 1 aliphatic heterocycles. The molecule has 1 saturated heterocycles. The number of amides is 2. The number of piperidine rings is 1. The summed E-state index contributed by atoms with van der Waals surface area (Å²) in [5.74, 6) is 1.99. The van der Waals surface area contributed by atoms with Gasteiger partial charge in [0, 0.05) is 24.7 Å². The Labute approximate surface area is 176 Å². The van der Waals surface area contributed by atoms with Crippen LogP contribution in [0.1, 0.15) is 18.4 Å². The topological polar surface area (TPSA) is 77.1 Å². The molecular weight excluding hydrogens is 384 g/mol. The predicted molar refractivity (Wildman–Crippen MR) is 113 cm³/mol. The monoisotopic (exact) mass is 412 g/mol. The van der Waals surface area contributed by atoms with Crippen molar-refractivity contribution in [3.63, 3.8) is 0 Å². The van der Waals surface area contributed by atoms with Gasteiger partial charge in [0.05, 0.1) is 20.6 Å². The first kappa shape index (κ1) is 21.5. The molecule has 0 atom stereocenters. The molecule has 1 fully saturated rings.